The first-order valence-electron chi connectivity index (χ1n) is 5.56. The van der Waals surface area contributed by atoms with Gasteiger partial charge in [0.05, 0.1) is 5.92 Å². The van der Waals surface area contributed by atoms with E-state index in [9.17, 15) is 4.79 Å². The van der Waals surface area contributed by atoms with Crippen molar-refractivity contribution in [2.75, 3.05) is 11.4 Å². The van der Waals surface area contributed by atoms with Gasteiger partial charge in [0.1, 0.15) is 0 Å². The summed E-state index contributed by atoms with van der Waals surface area (Å²) in [4.78, 5) is 13.7. The molecule has 1 unspecified atom stereocenters. The van der Waals surface area contributed by atoms with Crippen LogP contribution in [0.2, 0.25) is 5.02 Å². The zero-order valence-electron chi connectivity index (χ0n) is 9.41. The van der Waals surface area contributed by atoms with Crippen molar-refractivity contribution < 1.29 is 9.21 Å². The van der Waals surface area contributed by atoms with Crippen LogP contribution in [0.5, 0.6) is 0 Å². The summed E-state index contributed by atoms with van der Waals surface area (Å²) in [6, 6.07) is 7.20. The standard InChI is InChI=1S/C12H10ClN3O2/c13-9-1-3-10(4-2-9)16-6-8(5-11(16)17)12-15-14-7-18-12/h1-4,7-8H,5-6H2. The summed E-state index contributed by atoms with van der Waals surface area (Å²) in [5.74, 6) is 0.538. The van der Waals surface area contributed by atoms with Gasteiger partial charge in [-0.1, -0.05) is 11.6 Å². The lowest BCUT2D eigenvalue weighted by molar-refractivity contribution is -0.117. The first-order valence-corrected chi connectivity index (χ1v) is 5.94. The zero-order valence-corrected chi connectivity index (χ0v) is 10.2. The van der Waals surface area contributed by atoms with E-state index in [4.69, 9.17) is 16.0 Å². The summed E-state index contributed by atoms with van der Waals surface area (Å²) in [6.07, 6.45) is 1.68. The molecular weight excluding hydrogens is 254 g/mol. The van der Waals surface area contributed by atoms with E-state index in [1.165, 1.54) is 6.39 Å². The summed E-state index contributed by atoms with van der Waals surface area (Å²) in [5.41, 5.74) is 0.839. The van der Waals surface area contributed by atoms with E-state index in [0.29, 0.717) is 23.9 Å². The fourth-order valence-electron chi connectivity index (χ4n) is 2.10. The number of anilines is 1. The molecular formula is C12H10ClN3O2. The minimum Gasteiger partial charge on any atom is -0.428 e. The van der Waals surface area contributed by atoms with Crippen molar-refractivity contribution in [1.82, 2.24) is 10.2 Å². The molecule has 0 spiro atoms. The van der Waals surface area contributed by atoms with Crippen LogP contribution in [0.3, 0.4) is 0 Å². The Morgan fingerprint density at radius 1 is 1.33 bits per heavy atom. The number of hydrogen-bond acceptors (Lipinski definition) is 4. The molecule has 1 aliphatic heterocycles. The largest absolute Gasteiger partial charge is 0.428 e. The first-order chi connectivity index (χ1) is 8.74. The number of aromatic nitrogens is 2. The number of carbonyl (C=O) groups is 1. The molecule has 92 valence electrons. The van der Waals surface area contributed by atoms with Crippen LogP contribution in [0.1, 0.15) is 18.2 Å². The van der Waals surface area contributed by atoms with E-state index in [1.54, 1.807) is 17.0 Å². The molecule has 5 nitrogen and oxygen atoms in total. The molecule has 1 atom stereocenters. The lowest BCUT2D eigenvalue weighted by Crippen LogP contribution is -2.24. The zero-order chi connectivity index (χ0) is 12.5. The van der Waals surface area contributed by atoms with Crippen molar-refractivity contribution in [1.29, 1.82) is 0 Å². The summed E-state index contributed by atoms with van der Waals surface area (Å²) in [7, 11) is 0. The van der Waals surface area contributed by atoms with Gasteiger partial charge in [0.25, 0.3) is 0 Å². The normalized spacial score (nSPS) is 19.5. The highest BCUT2D eigenvalue weighted by atomic mass is 35.5. The number of amides is 1. The first kappa shape index (κ1) is 11.2. The molecule has 0 saturated carbocycles. The Balaban J connectivity index is 1.82. The van der Waals surface area contributed by atoms with Gasteiger partial charge >= 0.3 is 0 Å². The monoisotopic (exact) mass is 263 g/mol. The number of rotatable bonds is 2. The molecule has 1 saturated heterocycles. The van der Waals surface area contributed by atoms with Gasteiger partial charge in [-0.15, -0.1) is 10.2 Å². The van der Waals surface area contributed by atoms with E-state index in [1.807, 2.05) is 12.1 Å². The van der Waals surface area contributed by atoms with Gasteiger partial charge in [0.15, 0.2) is 0 Å². The van der Waals surface area contributed by atoms with Gasteiger partial charge in [0.2, 0.25) is 18.2 Å². The fraction of sp³-hybridized carbons (Fsp3) is 0.250. The third-order valence-corrected chi connectivity index (χ3v) is 3.24. The van der Waals surface area contributed by atoms with Crippen molar-refractivity contribution in [2.24, 2.45) is 0 Å². The van der Waals surface area contributed by atoms with E-state index >= 15 is 0 Å². The Hall–Kier alpha value is -1.88. The topological polar surface area (TPSA) is 59.2 Å². The summed E-state index contributed by atoms with van der Waals surface area (Å²) in [5, 5.41) is 8.15. The molecule has 1 aromatic heterocycles. The van der Waals surface area contributed by atoms with Gasteiger partial charge in [-0.3, -0.25) is 4.79 Å². The van der Waals surface area contributed by atoms with E-state index in [0.717, 1.165) is 5.69 Å². The Kier molecular flexibility index (Phi) is 2.76. The molecule has 1 amide bonds. The molecule has 0 aliphatic carbocycles. The number of halogens is 1. The van der Waals surface area contributed by atoms with Gasteiger partial charge in [-0.25, -0.2) is 0 Å². The van der Waals surface area contributed by atoms with Crippen LogP contribution in [0.15, 0.2) is 35.1 Å². The molecule has 18 heavy (non-hydrogen) atoms. The number of benzene rings is 1. The maximum Gasteiger partial charge on any atom is 0.227 e. The van der Waals surface area contributed by atoms with Crippen LogP contribution in [0.4, 0.5) is 5.69 Å². The lowest BCUT2D eigenvalue weighted by atomic mass is 10.1. The molecule has 1 aromatic carbocycles. The second kappa shape index (κ2) is 4.42. The van der Waals surface area contributed by atoms with Crippen LogP contribution >= 0.6 is 11.6 Å². The fourth-order valence-corrected chi connectivity index (χ4v) is 2.23. The Morgan fingerprint density at radius 2 is 2.11 bits per heavy atom. The molecule has 0 N–H and O–H groups in total. The average molecular weight is 264 g/mol. The Morgan fingerprint density at radius 3 is 2.78 bits per heavy atom. The number of nitrogens with zero attached hydrogens (tertiary/aromatic N) is 3. The molecule has 1 aliphatic rings. The van der Waals surface area contributed by atoms with Crippen LogP contribution < -0.4 is 4.90 Å². The molecule has 2 aromatic rings. The van der Waals surface area contributed by atoms with E-state index in [-0.39, 0.29) is 11.8 Å². The van der Waals surface area contributed by atoms with Crippen molar-refractivity contribution in [3.63, 3.8) is 0 Å². The molecule has 0 bridgehead atoms. The summed E-state index contributed by atoms with van der Waals surface area (Å²) < 4.78 is 5.15. The Labute approximate surface area is 108 Å². The second-order valence-electron chi connectivity index (χ2n) is 4.16. The van der Waals surface area contributed by atoms with E-state index < -0.39 is 0 Å². The smallest absolute Gasteiger partial charge is 0.227 e. The average Bonchev–Trinajstić information content (AvgIpc) is 2.99. The molecule has 1 fully saturated rings. The van der Waals surface area contributed by atoms with Crippen LogP contribution in [-0.4, -0.2) is 22.6 Å². The van der Waals surface area contributed by atoms with Gasteiger partial charge in [0, 0.05) is 23.7 Å². The maximum atomic E-state index is 12.0. The summed E-state index contributed by atoms with van der Waals surface area (Å²) in [6.45, 7) is 0.558. The third kappa shape index (κ3) is 1.97. The molecule has 0 radical (unpaired) electrons. The van der Waals surface area contributed by atoms with Crippen molar-refractivity contribution in [3.05, 3.63) is 41.6 Å². The minimum atomic E-state index is -0.0318. The van der Waals surface area contributed by atoms with Gasteiger partial charge < -0.3 is 9.32 Å². The highest BCUT2D eigenvalue weighted by Crippen LogP contribution is 2.31. The van der Waals surface area contributed by atoms with Crippen molar-refractivity contribution in [2.45, 2.75) is 12.3 Å². The highest BCUT2D eigenvalue weighted by molar-refractivity contribution is 6.30. The SMILES string of the molecule is O=C1CC(c2nnco2)CN1c1ccc(Cl)cc1. The molecule has 6 heteroatoms. The predicted molar refractivity (Wildman–Crippen MR) is 65.5 cm³/mol. The van der Waals surface area contributed by atoms with Crippen molar-refractivity contribution in [3.8, 4) is 0 Å². The quantitative estimate of drug-likeness (QED) is 0.834. The van der Waals surface area contributed by atoms with Crippen molar-refractivity contribution >= 4 is 23.2 Å². The maximum absolute atomic E-state index is 12.0. The van der Waals surface area contributed by atoms with E-state index in [2.05, 4.69) is 10.2 Å². The number of hydrogen-bond donors (Lipinski definition) is 0. The van der Waals surface area contributed by atoms with Gasteiger partial charge in [-0.2, -0.15) is 0 Å². The minimum absolute atomic E-state index is 0.0318. The second-order valence-corrected chi connectivity index (χ2v) is 4.60. The predicted octanol–water partition coefficient (Wildman–Crippen LogP) is 2.24. The van der Waals surface area contributed by atoms with Crippen LogP contribution in [0.25, 0.3) is 0 Å². The third-order valence-electron chi connectivity index (χ3n) is 2.99. The highest BCUT2D eigenvalue weighted by Gasteiger charge is 2.34. The lowest BCUT2D eigenvalue weighted by Gasteiger charge is -2.15. The van der Waals surface area contributed by atoms with Gasteiger partial charge in [-0.05, 0) is 24.3 Å². The summed E-state index contributed by atoms with van der Waals surface area (Å²) >= 11 is 5.83. The Bertz CT molecular complexity index is 553. The van der Waals surface area contributed by atoms with Crippen LogP contribution in [-0.2, 0) is 4.79 Å². The molecule has 2 heterocycles. The number of carbonyl (C=O) groups excluding carboxylic acids is 1. The van der Waals surface area contributed by atoms with Crippen LogP contribution in [0, 0.1) is 0 Å². The molecule has 3 rings (SSSR count).